The monoisotopic (exact) mass is 203 g/mol. The summed E-state index contributed by atoms with van der Waals surface area (Å²) in [6.45, 7) is 0.822. The molecule has 0 aliphatic rings. The molecule has 1 aromatic carbocycles. The molecule has 0 spiro atoms. The topological polar surface area (TPSA) is 42.2 Å². The van der Waals surface area contributed by atoms with Gasteiger partial charge in [-0.3, -0.25) is 4.79 Å². The van der Waals surface area contributed by atoms with Crippen LogP contribution in [0.5, 0.6) is 0 Å². The van der Waals surface area contributed by atoms with Gasteiger partial charge < -0.3 is 9.67 Å². The first kappa shape index (κ1) is 9.93. The summed E-state index contributed by atoms with van der Waals surface area (Å²) in [5, 5.41) is 9.87. The first-order valence-electron chi connectivity index (χ1n) is 5.01. The molecule has 0 fully saturated rings. The van der Waals surface area contributed by atoms with E-state index in [0.29, 0.717) is 18.7 Å². The fraction of sp³-hybridized carbons (Fsp3) is 0.250. The Kier molecular flexibility index (Phi) is 2.83. The number of aryl methyl sites for hydroxylation is 1. The zero-order valence-electron chi connectivity index (χ0n) is 8.39. The highest BCUT2D eigenvalue weighted by Gasteiger charge is 2.06. The Hall–Kier alpha value is -1.61. The minimum absolute atomic E-state index is 0.144. The molecular weight excluding hydrogens is 190 g/mol. The van der Waals surface area contributed by atoms with Crippen LogP contribution in [0.1, 0.15) is 16.9 Å². The van der Waals surface area contributed by atoms with Crippen molar-refractivity contribution in [2.45, 2.75) is 13.0 Å². The Morgan fingerprint density at radius 2 is 2.13 bits per heavy atom. The van der Waals surface area contributed by atoms with Gasteiger partial charge in [-0.2, -0.15) is 0 Å². The van der Waals surface area contributed by atoms with Gasteiger partial charge in [-0.1, -0.05) is 18.2 Å². The van der Waals surface area contributed by atoms with E-state index in [4.69, 9.17) is 5.11 Å². The molecular formula is C12H13NO2. The summed E-state index contributed by atoms with van der Waals surface area (Å²) < 4.78 is 1.94. The fourth-order valence-electron chi connectivity index (χ4n) is 1.81. The van der Waals surface area contributed by atoms with Gasteiger partial charge in [0.15, 0.2) is 6.29 Å². The van der Waals surface area contributed by atoms with Crippen molar-refractivity contribution in [2.24, 2.45) is 0 Å². The summed E-state index contributed by atoms with van der Waals surface area (Å²) in [4.78, 5) is 10.9. The molecule has 1 heterocycles. The third-order valence-electron chi connectivity index (χ3n) is 2.50. The lowest BCUT2D eigenvalue weighted by atomic mass is 10.2. The Balaban J connectivity index is 2.51. The first-order valence-corrected chi connectivity index (χ1v) is 5.01. The predicted octanol–water partition coefficient (Wildman–Crippen LogP) is 1.84. The summed E-state index contributed by atoms with van der Waals surface area (Å²) in [6, 6.07) is 9.75. The average molecular weight is 203 g/mol. The van der Waals surface area contributed by atoms with Gasteiger partial charge in [0.05, 0.1) is 5.69 Å². The quantitative estimate of drug-likeness (QED) is 0.770. The average Bonchev–Trinajstić information content (AvgIpc) is 2.64. The zero-order valence-corrected chi connectivity index (χ0v) is 8.39. The van der Waals surface area contributed by atoms with E-state index in [1.807, 2.05) is 34.9 Å². The van der Waals surface area contributed by atoms with E-state index in [2.05, 4.69) is 0 Å². The van der Waals surface area contributed by atoms with Crippen LogP contribution in [0.4, 0.5) is 0 Å². The number of para-hydroxylation sites is 1. The molecule has 78 valence electrons. The minimum Gasteiger partial charge on any atom is -0.396 e. The molecule has 0 radical (unpaired) electrons. The summed E-state index contributed by atoms with van der Waals surface area (Å²) in [5.41, 5.74) is 1.72. The van der Waals surface area contributed by atoms with Crippen LogP contribution < -0.4 is 0 Å². The second kappa shape index (κ2) is 4.28. The van der Waals surface area contributed by atoms with E-state index in [-0.39, 0.29) is 6.61 Å². The number of aldehydes is 1. The number of rotatable bonds is 4. The number of benzene rings is 1. The number of nitrogens with zero attached hydrogens (tertiary/aromatic N) is 1. The highest BCUT2D eigenvalue weighted by Crippen LogP contribution is 2.18. The van der Waals surface area contributed by atoms with Gasteiger partial charge in [0.1, 0.15) is 0 Å². The normalized spacial score (nSPS) is 10.7. The van der Waals surface area contributed by atoms with Crippen molar-refractivity contribution >= 4 is 17.2 Å². The third-order valence-corrected chi connectivity index (χ3v) is 2.50. The maximum absolute atomic E-state index is 10.9. The smallest absolute Gasteiger partial charge is 0.166 e. The van der Waals surface area contributed by atoms with Gasteiger partial charge in [-0.25, -0.2) is 0 Å². The maximum Gasteiger partial charge on any atom is 0.166 e. The van der Waals surface area contributed by atoms with E-state index in [9.17, 15) is 4.79 Å². The molecule has 0 amide bonds. The minimum atomic E-state index is 0.144. The number of hydrogen-bond donors (Lipinski definition) is 1. The Morgan fingerprint density at radius 1 is 1.33 bits per heavy atom. The van der Waals surface area contributed by atoms with Crippen LogP contribution in [0.2, 0.25) is 0 Å². The number of carbonyl (C=O) groups is 1. The van der Waals surface area contributed by atoms with Crippen LogP contribution in [0, 0.1) is 0 Å². The second-order valence-electron chi connectivity index (χ2n) is 3.47. The van der Waals surface area contributed by atoms with E-state index in [0.717, 1.165) is 17.2 Å². The van der Waals surface area contributed by atoms with Crippen LogP contribution >= 0.6 is 0 Å². The number of carbonyl (C=O) groups excluding carboxylic acids is 1. The molecule has 2 rings (SSSR count). The molecule has 0 saturated carbocycles. The van der Waals surface area contributed by atoms with Crippen molar-refractivity contribution in [1.82, 2.24) is 4.57 Å². The van der Waals surface area contributed by atoms with Crippen LogP contribution in [0.15, 0.2) is 30.3 Å². The molecule has 2 aromatic rings. The number of aromatic nitrogens is 1. The van der Waals surface area contributed by atoms with E-state index < -0.39 is 0 Å². The number of fused-ring (bicyclic) bond motifs is 1. The second-order valence-corrected chi connectivity index (χ2v) is 3.47. The standard InChI is InChI=1S/C12H13NO2/c14-7-3-6-13-11(9-15)8-10-4-1-2-5-12(10)13/h1-2,4-5,8-9,14H,3,6-7H2. The van der Waals surface area contributed by atoms with E-state index >= 15 is 0 Å². The molecule has 15 heavy (non-hydrogen) atoms. The van der Waals surface area contributed by atoms with Crippen LogP contribution in [0.3, 0.4) is 0 Å². The van der Waals surface area contributed by atoms with Crippen molar-refractivity contribution in [2.75, 3.05) is 6.61 Å². The molecule has 0 bridgehead atoms. The van der Waals surface area contributed by atoms with Gasteiger partial charge in [-0.05, 0) is 18.6 Å². The lowest BCUT2D eigenvalue weighted by Gasteiger charge is -2.05. The molecule has 1 aromatic heterocycles. The summed E-state index contributed by atoms with van der Waals surface area (Å²) in [7, 11) is 0. The Labute approximate surface area is 87.9 Å². The van der Waals surface area contributed by atoms with Crippen molar-refractivity contribution in [3.63, 3.8) is 0 Å². The largest absolute Gasteiger partial charge is 0.396 e. The molecule has 0 atom stereocenters. The highest BCUT2D eigenvalue weighted by molar-refractivity contribution is 5.88. The maximum atomic E-state index is 10.9. The molecule has 0 aliphatic carbocycles. The number of aliphatic hydroxyl groups is 1. The summed E-state index contributed by atoms with van der Waals surface area (Å²) in [6.07, 6.45) is 1.52. The van der Waals surface area contributed by atoms with Crippen LogP contribution in [-0.2, 0) is 6.54 Å². The number of hydrogen-bond acceptors (Lipinski definition) is 2. The van der Waals surface area contributed by atoms with Gasteiger partial charge in [-0.15, -0.1) is 0 Å². The SMILES string of the molecule is O=Cc1cc2ccccc2n1CCCO. The first-order chi connectivity index (χ1) is 7.36. The number of aliphatic hydroxyl groups excluding tert-OH is 1. The van der Waals surface area contributed by atoms with Gasteiger partial charge in [0.2, 0.25) is 0 Å². The van der Waals surface area contributed by atoms with Crippen molar-refractivity contribution in [3.05, 3.63) is 36.0 Å². The Bertz CT molecular complexity index is 473. The molecule has 0 unspecified atom stereocenters. The molecule has 3 heteroatoms. The van der Waals surface area contributed by atoms with Gasteiger partial charge in [0.25, 0.3) is 0 Å². The van der Waals surface area contributed by atoms with Gasteiger partial charge in [0, 0.05) is 24.1 Å². The van der Waals surface area contributed by atoms with Crippen molar-refractivity contribution < 1.29 is 9.90 Å². The summed E-state index contributed by atoms with van der Waals surface area (Å²) in [5.74, 6) is 0. The van der Waals surface area contributed by atoms with Gasteiger partial charge >= 0.3 is 0 Å². The van der Waals surface area contributed by atoms with Crippen molar-refractivity contribution in [1.29, 1.82) is 0 Å². The van der Waals surface area contributed by atoms with Crippen LogP contribution in [0.25, 0.3) is 10.9 Å². The summed E-state index contributed by atoms with van der Waals surface area (Å²) >= 11 is 0. The third kappa shape index (κ3) is 1.78. The van der Waals surface area contributed by atoms with Crippen molar-refractivity contribution in [3.8, 4) is 0 Å². The zero-order chi connectivity index (χ0) is 10.7. The molecule has 3 nitrogen and oxygen atoms in total. The van der Waals surface area contributed by atoms with Crippen LogP contribution in [-0.4, -0.2) is 22.6 Å². The fourth-order valence-corrected chi connectivity index (χ4v) is 1.81. The lowest BCUT2D eigenvalue weighted by Crippen LogP contribution is -2.03. The highest BCUT2D eigenvalue weighted by atomic mass is 16.3. The Morgan fingerprint density at radius 3 is 2.87 bits per heavy atom. The molecule has 0 aliphatic heterocycles. The predicted molar refractivity (Wildman–Crippen MR) is 59.0 cm³/mol. The van der Waals surface area contributed by atoms with E-state index in [1.165, 1.54) is 0 Å². The lowest BCUT2D eigenvalue weighted by molar-refractivity contribution is 0.111. The molecule has 0 saturated heterocycles. The molecule has 1 N–H and O–H groups in total. The van der Waals surface area contributed by atoms with E-state index in [1.54, 1.807) is 0 Å².